The second-order valence-electron chi connectivity index (χ2n) is 2.68. The summed E-state index contributed by atoms with van der Waals surface area (Å²) >= 11 is 1.22. The van der Waals surface area contributed by atoms with E-state index in [-0.39, 0.29) is 5.03 Å². The Morgan fingerprint density at radius 1 is 1.62 bits per heavy atom. The monoisotopic (exact) mass is 220 g/mol. The first kappa shape index (κ1) is 10.6. The van der Waals surface area contributed by atoms with Gasteiger partial charge < -0.3 is 5.32 Å². The quantitative estimate of drug-likeness (QED) is 0.809. The molecule has 13 heavy (non-hydrogen) atoms. The maximum absolute atomic E-state index is 11.0. The molecule has 0 unspecified atom stereocenters. The first-order valence-corrected chi connectivity index (χ1v) is 6.57. The van der Waals surface area contributed by atoms with Gasteiger partial charge in [0.15, 0.2) is 14.9 Å². The summed E-state index contributed by atoms with van der Waals surface area (Å²) in [6, 6.07) is 1.61. The van der Waals surface area contributed by atoms with Gasteiger partial charge in [0.1, 0.15) is 0 Å². The molecule has 1 aromatic rings. The minimum atomic E-state index is -3.14. The summed E-state index contributed by atoms with van der Waals surface area (Å²) < 4.78 is 25.9. The van der Waals surface area contributed by atoms with Crippen molar-refractivity contribution in [3.8, 4) is 0 Å². The van der Waals surface area contributed by atoms with Crippen LogP contribution >= 0.6 is 11.5 Å². The lowest BCUT2D eigenvalue weighted by Gasteiger charge is -1.94. The van der Waals surface area contributed by atoms with Gasteiger partial charge in [0.05, 0.1) is 0 Å². The second-order valence-corrected chi connectivity index (χ2v) is 5.54. The third-order valence-electron chi connectivity index (χ3n) is 1.47. The third-order valence-corrected chi connectivity index (χ3v) is 3.34. The molecular weight excluding hydrogens is 208 g/mol. The first-order chi connectivity index (χ1) is 6.04. The van der Waals surface area contributed by atoms with Gasteiger partial charge >= 0.3 is 0 Å². The predicted molar refractivity (Wildman–Crippen MR) is 52.6 cm³/mol. The van der Waals surface area contributed by atoms with Crippen LogP contribution in [0.4, 0.5) is 0 Å². The number of sulfone groups is 1. The largest absolute Gasteiger partial charge is 0.312 e. The summed E-state index contributed by atoms with van der Waals surface area (Å²) in [7, 11) is -3.14. The Morgan fingerprint density at radius 2 is 2.31 bits per heavy atom. The van der Waals surface area contributed by atoms with Crippen molar-refractivity contribution in [3.05, 3.63) is 10.9 Å². The number of nitrogens with zero attached hydrogens (tertiary/aromatic N) is 1. The zero-order valence-electron chi connectivity index (χ0n) is 7.57. The van der Waals surface area contributed by atoms with Gasteiger partial charge in [0, 0.05) is 17.7 Å². The minimum Gasteiger partial charge on any atom is -0.312 e. The number of hydrogen-bond acceptors (Lipinski definition) is 5. The first-order valence-electron chi connectivity index (χ1n) is 3.90. The van der Waals surface area contributed by atoms with Gasteiger partial charge in [-0.1, -0.05) is 6.92 Å². The Bertz CT molecular complexity index is 370. The molecule has 0 aromatic carbocycles. The second kappa shape index (κ2) is 4.17. The normalized spacial score (nSPS) is 11.8. The molecule has 74 valence electrons. The van der Waals surface area contributed by atoms with E-state index >= 15 is 0 Å². The zero-order valence-corrected chi connectivity index (χ0v) is 9.20. The van der Waals surface area contributed by atoms with Gasteiger partial charge in [-0.2, -0.15) is 4.37 Å². The van der Waals surface area contributed by atoms with Crippen LogP contribution in [0.15, 0.2) is 11.1 Å². The summed E-state index contributed by atoms with van der Waals surface area (Å²) in [5.74, 6) is 0. The van der Waals surface area contributed by atoms with E-state index in [2.05, 4.69) is 9.69 Å². The van der Waals surface area contributed by atoms with Gasteiger partial charge in [-0.3, -0.25) is 0 Å². The smallest absolute Gasteiger partial charge is 0.193 e. The summed E-state index contributed by atoms with van der Waals surface area (Å²) in [6.45, 7) is 3.55. The lowest BCUT2D eigenvalue weighted by atomic mass is 10.5. The lowest BCUT2D eigenvalue weighted by molar-refractivity contribution is 0.599. The standard InChI is InChI=1S/C7H12N2O2S2/c1-3-8-5-6-4-7(9-12-6)13(2,10)11/h4,8H,3,5H2,1-2H3. The maximum atomic E-state index is 11.0. The molecule has 0 radical (unpaired) electrons. The summed E-state index contributed by atoms with van der Waals surface area (Å²) in [5.41, 5.74) is 0. The third kappa shape index (κ3) is 3.06. The highest BCUT2D eigenvalue weighted by Crippen LogP contribution is 2.13. The van der Waals surface area contributed by atoms with E-state index in [0.717, 1.165) is 11.4 Å². The van der Waals surface area contributed by atoms with Gasteiger partial charge in [0.2, 0.25) is 0 Å². The molecule has 1 rings (SSSR count). The Labute approximate surface area is 82.1 Å². The molecule has 0 aliphatic carbocycles. The van der Waals surface area contributed by atoms with Crippen LogP contribution in [-0.4, -0.2) is 25.6 Å². The van der Waals surface area contributed by atoms with Crippen LogP contribution < -0.4 is 5.32 Å². The Balaban J connectivity index is 2.76. The van der Waals surface area contributed by atoms with Gasteiger partial charge in [-0.15, -0.1) is 0 Å². The fraction of sp³-hybridized carbons (Fsp3) is 0.571. The van der Waals surface area contributed by atoms with E-state index in [9.17, 15) is 8.42 Å². The number of rotatable bonds is 4. The van der Waals surface area contributed by atoms with Crippen molar-refractivity contribution in [2.45, 2.75) is 18.5 Å². The van der Waals surface area contributed by atoms with E-state index in [1.165, 1.54) is 17.8 Å². The van der Waals surface area contributed by atoms with Gasteiger partial charge in [-0.25, -0.2) is 8.42 Å². The average Bonchev–Trinajstić information content (AvgIpc) is 2.47. The molecule has 0 saturated heterocycles. The summed E-state index contributed by atoms with van der Waals surface area (Å²) in [5, 5.41) is 3.28. The molecule has 0 amide bonds. The Morgan fingerprint density at radius 3 is 2.77 bits per heavy atom. The highest BCUT2D eigenvalue weighted by atomic mass is 32.2. The number of nitrogens with one attached hydrogen (secondary N) is 1. The van der Waals surface area contributed by atoms with Crippen molar-refractivity contribution in [2.75, 3.05) is 12.8 Å². The summed E-state index contributed by atoms with van der Waals surface area (Å²) in [4.78, 5) is 0.947. The lowest BCUT2D eigenvalue weighted by Crippen LogP contribution is -2.10. The fourth-order valence-corrected chi connectivity index (χ4v) is 2.48. The molecule has 0 bridgehead atoms. The van der Waals surface area contributed by atoms with E-state index in [4.69, 9.17) is 0 Å². The molecular formula is C7H12N2O2S2. The molecule has 1 aromatic heterocycles. The zero-order chi connectivity index (χ0) is 9.90. The van der Waals surface area contributed by atoms with Crippen molar-refractivity contribution in [1.29, 1.82) is 0 Å². The highest BCUT2D eigenvalue weighted by Gasteiger charge is 2.11. The SMILES string of the molecule is CCNCc1cc(S(C)(=O)=O)ns1. The van der Waals surface area contributed by atoms with E-state index in [1.807, 2.05) is 6.92 Å². The molecule has 0 atom stereocenters. The van der Waals surface area contributed by atoms with E-state index < -0.39 is 9.84 Å². The Hall–Kier alpha value is -0.460. The van der Waals surface area contributed by atoms with Crippen LogP contribution in [0.2, 0.25) is 0 Å². The molecule has 1 heterocycles. The van der Waals surface area contributed by atoms with Crippen LogP contribution in [0.3, 0.4) is 0 Å². The van der Waals surface area contributed by atoms with E-state index in [1.54, 1.807) is 6.07 Å². The molecule has 0 aliphatic rings. The molecule has 4 nitrogen and oxygen atoms in total. The van der Waals surface area contributed by atoms with Crippen molar-refractivity contribution in [3.63, 3.8) is 0 Å². The van der Waals surface area contributed by atoms with Crippen LogP contribution in [0.1, 0.15) is 11.8 Å². The van der Waals surface area contributed by atoms with Crippen LogP contribution in [0.5, 0.6) is 0 Å². The molecule has 0 saturated carbocycles. The molecule has 0 aliphatic heterocycles. The number of hydrogen-bond donors (Lipinski definition) is 1. The maximum Gasteiger partial charge on any atom is 0.193 e. The average molecular weight is 220 g/mol. The van der Waals surface area contributed by atoms with E-state index in [0.29, 0.717) is 6.54 Å². The van der Waals surface area contributed by atoms with Crippen molar-refractivity contribution in [2.24, 2.45) is 0 Å². The molecule has 1 N–H and O–H groups in total. The number of aromatic nitrogens is 1. The topological polar surface area (TPSA) is 59.1 Å². The van der Waals surface area contributed by atoms with Crippen molar-refractivity contribution in [1.82, 2.24) is 9.69 Å². The van der Waals surface area contributed by atoms with Gasteiger partial charge in [-0.05, 0) is 24.1 Å². The molecule has 6 heteroatoms. The van der Waals surface area contributed by atoms with Crippen molar-refractivity contribution >= 4 is 21.4 Å². The highest BCUT2D eigenvalue weighted by molar-refractivity contribution is 7.90. The fourth-order valence-electron chi connectivity index (χ4n) is 0.800. The van der Waals surface area contributed by atoms with Gasteiger partial charge in [0.25, 0.3) is 0 Å². The Kier molecular flexibility index (Phi) is 3.40. The van der Waals surface area contributed by atoms with Crippen LogP contribution in [0.25, 0.3) is 0 Å². The van der Waals surface area contributed by atoms with Crippen LogP contribution in [0, 0.1) is 0 Å². The minimum absolute atomic E-state index is 0.172. The molecule has 0 spiro atoms. The van der Waals surface area contributed by atoms with Crippen LogP contribution in [-0.2, 0) is 16.4 Å². The predicted octanol–water partition coefficient (Wildman–Crippen LogP) is 0.656. The van der Waals surface area contributed by atoms with Crippen molar-refractivity contribution < 1.29 is 8.42 Å². The molecule has 0 fully saturated rings. The summed E-state index contributed by atoms with van der Waals surface area (Å²) in [6.07, 6.45) is 1.17.